The third kappa shape index (κ3) is 3.07. The summed E-state index contributed by atoms with van der Waals surface area (Å²) in [6, 6.07) is 0.650. The molecule has 1 aromatic rings. The molecule has 0 aromatic carbocycles. The first-order valence-corrected chi connectivity index (χ1v) is 8.44. The first-order chi connectivity index (χ1) is 10.1. The predicted octanol–water partition coefficient (Wildman–Crippen LogP) is 2.68. The molecule has 0 bridgehead atoms. The molecule has 5 heteroatoms. The van der Waals surface area contributed by atoms with Gasteiger partial charge in [-0.25, -0.2) is 0 Å². The van der Waals surface area contributed by atoms with Crippen LogP contribution in [0.25, 0.3) is 0 Å². The van der Waals surface area contributed by atoms with Gasteiger partial charge in [-0.1, -0.05) is 26.7 Å². The van der Waals surface area contributed by atoms with Gasteiger partial charge in [-0.05, 0) is 38.1 Å². The number of rotatable bonds is 3. The average Bonchev–Trinajstić information content (AvgIpc) is 2.96. The fraction of sp³-hybridized carbons (Fsp3) is 0.875. The van der Waals surface area contributed by atoms with E-state index in [2.05, 4.69) is 41.3 Å². The molecule has 1 aromatic heterocycles. The number of hydrogen-bond acceptors (Lipinski definition) is 4. The lowest BCUT2D eigenvalue weighted by Gasteiger charge is -2.37. The van der Waals surface area contributed by atoms with Gasteiger partial charge in [-0.2, -0.15) is 4.98 Å². The van der Waals surface area contributed by atoms with E-state index in [4.69, 9.17) is 4.98 Å². The van der Waals surface area contributed by atoms with Crippen LogP contribution in [-0.2, 0) is 0 Å². The second-order valence-corrected chi connectivity index (χ2v) is 7.36. The summed E-state index contributed by atoms with van der Waals surface area (Å²) in [5.41, 5.74) is 0.341. The van der Waals surface area contributed by atoms with E-state index in [9.17, 15) is 0 Å². The highest BCUT2D eigenvalue weighted by molar-refractivity contribution is 5.30. The number of nitrogens with one attached hydrogen (secondary N) is 2. The molecule has 3 rings (SSSR count). The summed E-state index contributed by atoms with van der Waals surface area (Å²) in [4.78, 5) is 7.17. The third-order valence-electron chi connectivity index (χ3n) is 5.51. The van der Waals surface area contributed by atoms with Crippen LogP contribution < -0.4 is 10.2 Å². The zero-order valence-electron chi connectivity index (χ0n) is 13.7. The molecule has 118 valence electrons. The number of nitrogens with zero attached hydrogens (tertiary/aromatic N) is 3. The molecular weight excluding hydrogens is 262 g/mol. The maximum absolute atomic E-state index is 4.84. The molecule has 2 heterocycles. The fourth-order valence-corrected chi connectivity index (χ4v) is 3.93. The van der Waals surface area contributed by atoms with Crippen LogP contribution in [0.1, 0.15) is 64.1 Å². The van der Waals surface area contributed by atoms with Crippen molar-refractivity contribution in [3.05, 3.63) is 5.82 Å². The van der Waals surface area contributed by atoms with Crippen LogP contribution >= 0.6 is 0 Å². The average molecular weight is 291 g/mol. The van der Waals surface area contributed by atoms with E-state index in [0.29, 0.717) is 17.4 Å². The first kappa shape index (κ1) is 14.8. The van der Waals surface area contributed by atoms with Gasteiger partial charge in [-0.15, -0.1) is 5.10 Å². The summed E-state index contributed by atoms with van der Waals surface area (Å²) in [6.07, 6.45) is 7.55. The third-order valence-corrected chi connectivity index (χ3v) is 5.51. The van der Waals surface area contributed by atoms with E-state index in [-0.39, 0.29) is 0 Å². The highest BCUT2D eigenvalue weighted by atomic mass is 15.4. The van der Waals surface area contributed by atoms with E-state index >= 15 is 0 Å². The molecule has 0 radical (unpaired) electrons. The molecule has 2 fully saturated rings. The van der Waals surface area contributed by atoms with Gasteiger partial charge < -0.3 is 10.2 Å². The number of aromatic nitrogens is 3. The predicted molar refractivity (Wildman–Crippen MR) is 85.7 cm³/mol. The summed E-state index contributed by atoms with van der Waals surface area (Å²) in [7, 11) is 2.05. The minimum absolute atomic E-state index is 0.341. The minimum atomic E-state index is 0.341. The van der Waals surface area contributed by atoms with Gasteiger partial charge in [0.05, 0.1) is 0 Å². The lowest BCUT2D eigenvalue weighted by molar-refractivity contribution is 0.192. The maximum Gasteiger partial charge on any atom is 0.244 e. The molecule has 1 saturated carbocycles. The largest absolute Gasteiger partial charge is 0.339 e. The summed E-state index contributed by atoms with van der Waals surface area (Å²) < 4.78 is 0. The monoisotopic (exact) mass is 291 g/mol. The summed E-state index contributed by atoms with van der Waals surface area (Å²) in [5.74, 6) is 2.54. The highest BCUT2D eigenvalue weighted by Gasteiger charge is 2.35. The van der Waals surface area contributed by atoms with E-state index in [1.807, 2.05) is 0 Å². The fourth-order valence-electron chi connectivity index (χ4n) is 3.93. The Morgan fingerprint density at radius 1 is 1.19 bits per heavy atom. The number of anilines is 1. The molecule has 2 N–H and O–H groups in total. The van der Waals surface area contributed by atoms with Crippen molar-refractivity contribution in [1.82, 2.24) is 20.5 Å². The molecule has 1 atom stereocenters. The van der Waals surface area contributed by atoms with Gasteiger partial charge in [0.2, 0.25) is 5.95 Å². The molecule has 0 amide bonds. The molecule has 1 aliphatic heterocycles. The topological polar surface area (TPSA) is 56.8 Å². The smallest absolute Gasteiger partial charge is 0.244 e. The van der Waals surface area contributed by atoms with Crippen molar-refractivity contribution in [3.63, 3.8) is 0 Å². The van der Waals surface area contributed by atoms with Crippen LogP contribution in [0.2, 0.25) is 0 Å². The SMILES string of the molecule is CNC1CCN(c2n[nH]c(C3CCCCC3(C)C)n2)CC1. The number of piperidine rings is 1. The van der Waals surface area contributed by atoms with Crippen molar-refractivity contribution >= 4 is 5.95 Å². The van der Waals surface area contributed by atoms with Gasteiger partial charge in [-0.3, -0.25) is 5.10 Å². The molecule has 1 unspecified atom stereocenters. The van der Waals surface area contributed by atoms with Gasteiger partial charge in [0.1, 0.15) is 5.82 Å². The second kappa shape index (κ2) is 5.95. The van der Waals surface area contributed by atoms with Gasteiger partial charge >= 0.3 is 0 Å². The zero-order chi connectivity index (χ0) is 14.9. The van der Waals surface area contributed by atoms with Crippen molar-refractivity contribution in [1.29, 1.82) is 0 Å². The van der Waals surface area contributed by atoms with E-state index in [1.165, 1.54) is 38.5 Å². The molecule has 1 saturated heterocycles. The Morgan fingerprint density at radius 3 is 2.62 bits per heavy atom. The normalized spacial score (nSPS) is 27.0. The standard InChI is InChI=1S/C16H29N5/c1-16(2)9-5-4-6-13(16)14-18-15(20-19-14)21-10-7-12(17-3)8-11-21/h12-13,17H,4-11H2,1-3H3,(H,18,19,20). The van der Waals surface area contributed by atoms with Gasteiger partial charge in [0.25, 0.3) is 0 Å². The molecule has 2 aliphatic rings. The van der Waals surface area contributed by atoms with Crippen molar-refractivity contribution in [2.75, 3.05) is 25.0 Å². The number of H-pyrrole nitrogens is 1. The molecule has 1 aliphatic carbocycles. The van der Waals surface area contributed by atoms with Crippen LogP contribution in [0.4, 0.5) is 5.95 Å². The Kier molecular flexibility index (Phi) is 4.20. The summed E-state index contributed by atoms with van der Waals surface area (Å²) >= 11 is 0. The summed E-state index contributed by atoms with van der Waals surface area (Å²) in [5, 5.41) is 11.1. The van der Waals surface area contributed by atoms with Gasteiger partial charge in [0, 0.05) is 25.0 Å². The van der Waals surface area contributed by atoms with Crippen molar-refractivity contribution in [2.24, 2.45) is 5.41 Å². The van der Waals surface area contributed by atoms with Crippen LogP contribution in [0.3, 0.4) is 0 Å². The minimum Gasteiger partial charge on any atom is -0.339 e. The Balaban J connectivity index is 1.69. The van der Waals surface area contributed by atoms with Crippen LogP contribution in [0, 0.1) is 5.41 Å². The molecule has 21 heavy (non-hydrogen) atoms. The van der Waals surface area contributed by atoms with Gasteiger partial charge in [0.15, 0.2) is 0 Å². The highest BCUT2D eigenvalue weighted by Crippen LogP contribution is 2.45. The van der Waals surface area contributed by atoms with Crippen LogP contribution in [0.15, 0.2) is 0 Å². The van der Waals surface area contributed by atoms with E-state index in [1.54, 1.807) is 0 Å². The van der Waals surface area contributed by atoms with E-state index in [0.717, 1.165) is 24.9 Å². The Morgan fingerprint density at radius 2 is 1.95 bits per heavy atom. The lowest BCUT2D eigenvalue weighted by Crippen LogP contribution is -2.41. The van der Waals surface area contributed by atoms with E-state index < -0.39 is 0 Å². The van der Waals surface area contributed by atoms with Crippen molar-refractivity contribution in [2.45, 2.75) is 64.3 Å². The molecule has 0 spiro atoms. The Hall–Kier alpha value is -1.10. The quantitative estimate of drug-likeness (QED) is 0.899. The maximum atomic E-state index is 4.84. The zero-order valence-corrected chi connectivity index (χ0v) is 13.7. The van der Waals surface area contributed by atoms with Crippen molar-refractivity contribution < 1.29 is 0 Å². The second-order valence-electron chi connectivity index (χ2n) is 7.36. The van der Waals surface area contributed by atoms with Crippen LogP contribution in [-0.4, -0.2) is 41.4 Å². The van der Waals surface area contributed by atoms with Crippen LogP contribution in [0.5, 0.6) is 0 Å². The Bertz CT molecular complexity index is 459. The number of aromatic amines is 1. The molecule has 5 nitrogen and oxygen atoms in total. The first-order valence-electron chi connectivity index (χ1n) is 8.44. The summed E-state index contributed by atoms with van der Waals surface area (Å²) in [6.45, 7) is 6.85. The molecular formula is C16H29N5. The number of hydrogen-bond donors (Lipinski definition) is 2. The Labute approximate surface area is 127 Å². The lowest BCUT2D eigenvalue weighted by atomic mass is 9.68. The van der Waals surface area contributed by atoms with Crippen molar-refractivity contribution in [3.8, 4) is 0 Å².